The van der Waals surface area contributed by atoms with Gasteiger partial charge >= 0.3 is 5.97 Å². The van der Waals surface area contributed by atoms with E-state index in [1.807, 2.05) is 0 Å². The lowest BCUT2D eigenvalue weighted by molar-refractivity contribution is -0.191. The molecule has 0 radical (unpaired) electrons. The van der Waals surface area contributed by atoms with E-state index in [1.54, 1.807) is 0 Å². The van der Waals surface area contributed by atoms with Gasteiger partial charge in [-0.2, -0.15) is 0 Å². The summed E-state index contributed by atoms with van der Waals surface area (Å²) in [6, 6.07) is 0. The largest absolute Gasteiger partial charge is 0.433 e. The predicted octanol–water partition coefficient (Wildman–Crippen LogP) is 6.00. The summed E-state index contributed by atoms with van der Waals surface area (Å²) in [4.78, 5) is 12.0. The highest BCUT2D eigenvalue weighted by Crippen LogP contribution is 2.08. The molecule has 0 spiro atoms. The highest BCUT2D eigenvalue weighted by atomic mass is 79.9. The van der Waals surface area contributed by atoms with Crippen LogP contribution in [0.4, 0.5) is 0 Å². The standard InChI is InChI=1S/C20H39BrO4/c1-3-5-7-13-16-23-18-20(24-17-12-6-4-2)25-19(22)14-10-8-9-11-15-21/h20H,3-18H2,1-2H3. The molecule has 0 aromatic carbocycles. The van der Waals surface area contributed by atoms with Crippen LogP contribution in [0.15, 0.2) is 0 Å². The molecule has 0 heterocycles. The van der Waals surface area contributed by atoms with Gasteiger partial charge < -0.3 is 14.2 Å². The number of carbonyl (C=O) groups is 1. The average molecular weight is 423 g/mol. The van der Waals surface area contributed by atoms with Gasteiger partial charge in [0.25, 0.3) is 0 Å². The van der Waals surface area contributed by atoms with Gasteiger partial charge in [-0.1, -0.05) is 74.7 Å². The summed E-state index contributed by atoms with van der Waals surface area (Å²) in [7, 11) is 0. The maximum absolute atomic E-state index is 12.0. The summed E-state index contributed by atoms with van der Waals surface area (Å²) in [5.41, 5.74) is 0. The van der Waals surface area contributed by atoms with Crippen LogP contribution < -0.4 is 0 Å². The summed E-state index contributed by atoms with van der Waals surface area (Å²) in [5, 5.41) is 1.03. The Kier molecular flexibility index (Phi) is 20.1. The summed E-state index contributed by atoms with van der Waals surface area (Å²) in [5.74, 6) is -0.172. The first kappa shape index (κ1) is 24.9. The van der Waals surface area contributed by atoms with Crippen LogP contribution in [-0.2, 0) is 19.0 Å². The molecule has 150 valence electrons. The average Bonchev–Trinajstić information content (AvgIpc) is 2.61. The van der Waals surface area contributed by atoms with Gasteiger partial charge in [0.2, 0.25) is 6.29 Å². The van der Waals surface area contributed by atoms with Crippen LogP contribution in [0.25, 0.3) is 0 Å². The molecule has 0 aromatic heterocycles. The van der Waals surface area contributed by atoms with Crippen LogP contribution >= 0.6 is 15.9 Å². The van der Waals surface area contributed by atoms with Crippen molar-refractivity contribution in [1.82, 2.24) is 0 Å². The number of carbonyl (C=O) groups excluding carboxylic acids is 1. The van der Waals surface area contributed by atoms with E-state index in [1.165, 1.54) is 19.3 Å². The molecule has 0 aliphatic heterocycles. The van der Waals surface area contributed by atoms with Crippen molar-refractivity contribution in [1.29, 1.82) is 0 Å². The van der Waals surface area contributed by atoms with Crippen molar-refractivity contribution < 1.29 is 19.0 Å². The van der Waals surface area contributed by atoms with Gasteiger partial charge in [0.1, 0.15) is 6.61 Å². The number of hydrogen-bond donors (Lipinski definition) is 0. The third-order valence-electron chi connectivity index (χ3n) is 3.98. The van der Waals surface area contributed by atoms with Crippen LogP contribution in [0.3, 0.4) is 0 Å². The number of hydrogen-bond acceptors (Lipinski definition) is 4. The van der Waals surface area contributed by atoms with Crippen molar-refractivity contribution in [2.45, 2.75) is 97.2 Å². The molecule has 0 aromatic rings. The van der Waals surface area contributed by atoms with Crippen molar-refractivity contribution in [3.05, 3.63) is 0 Å². The monoisotopic (exact) mass is 422 g/mol. The minimum atomic E-state index is -0.557. The lowest BCUT2D eigenvalue weighted by Crippen LogP contribution is -2.27. The van der Waals surface area contributed by atoms with Gasteiger partial charge in [-0.05, 0) is 25.7 Å². The molecule has 0 aliphatic rings. The Hall–Kier alpha value is -0.130. The fourth-order valence-electron chi connectivity index (χ4n) is 2.42. The van der Waals surface area contributed by atoms with Crippen LogP contribution in [0, 0.1) is 0 Å². The molecule has 0 saturated carbocycles. The van der Waals surface area contributed by atoms with Gasteiger partial charge in [0.05, 0.1) is 6.61 Å². The number of halogens is 1. The molecule has 25 heavy (non-hydrogen) atoms. The van der Waals surface area contributed by atoms with Crippen molar-refractivity contribution in [2.24, 2.45) is 0 Å². The van der Waals surface area contributed by atoms with Gasteiger partial charge in [-0.25, -0.2) is 0 Å². The van der Waals surface area contributed by atoms with E-state index in [4.69, 9.17) is 14.2 Å². The van der Waals surface area contributed by atoms with Crippen molar-refractivity contribution >= 4 is 21.9 Å². The third-order valence-corrected chi connectivity index (χ3v) is 4.54. The normalized spacial score (nSPS) is 12.3. The second kappa shape index (κ2) is 20.2. The van der Waals surface area contributed by atoms with E-state index in [0.717, 1.165) is 56.7 Å². The summed E-state index contributed by atoms with van der Waals surface area (Å²) in [6.45, 7) is 6.02. The maximum Gasteiger partial charge on any atom is 0.308 e. The van der Waals surface area contributed by atoms with Crippen LogP contribution in [0.1, 0.15) is 90.9 Å². The zero-order valence-corrected chi connectivity index (χ0v) is 18.0. The Balaban J connectivity index is 3.95. The minimum Gasteiger partial charge on any atom is -0.433 e. The number of esters is 1. The Labute approximate surface area is 163 Å². The first-order valence-corrected chi connectivity index (χ1v) is 11.3. The molecule has 0 amide bonds. The first-order valence-electron chi connectivity index (χ1n) is 10.2. The first-order chi connectivity index (χ1) is 12.2. The minimum absolute atomic E-state index is 0.172. The predicted molar refractivity (Wildman–Crippen MR) is 107 cm³/mol. The fourth-order valence-corrected chi connectivity index (χ4v) is 2.81. The molecule has 0 aliphatic carbocycles. The number of unbranched alkanes of at least 4 members (excludes halogenated alkanes) is 8. The zero-order valence-electron chi connectivity index (χ0n) is 16.4. The molecule has 5 heteroatoms. The van der Waals surface area contributed by atoms with E-state index in [0.29, 0.717) is 26.2 Å². The van der Waals surface area contributed by atoms with Crippen molar-refractivity contribution in [2.75, 3.05) is 25.2 Å². The zero-order chi connectivity index (χ0) is 18.6. The second-order valence-corrected chi connectivity index (χ2v) is 7.28. The smallest absolute Gasteiger partial charge is 0.308 e. The number of ether oxygens (including phenoxy) is 3. The quantitative estimate of drug-likeness (QED) is 0.111. The van der Waals surface area contributed by atoms with E-state index in [-0.39, 0.29) is 5.97 Å². The summed E-state index contributed by atoms with van der Waals surface area (Å²) >= 11 is 3.42. The van der Waals surface area contributed by atoms with Crippen molar-refractivity contribution in [3.8, 4) is 0 Å². The molecule has 1 unspecified atom stereocenters. The Morgan fingerprint density at radius 1 is 0.840 bits per heavy atom. The second-order valence-electron chi connectivity index (χ2n) is 6.49. The van der Waals surface area contributed by atoms with Gasteiger partial charge in [0, 0.05) is 18.4 Å². The summed E-state index contributed by atoms with van der Waals surface area (Å²) < 4.78 is 16.8. The molecule has 0 N–H and O–H groups in total. The molecule has 0 rings (SSSR count). The van der Waals surface area contributed by atoms with Crippen LogP contribution in [-0.4, -0.2) is 37.4 Å². The molecule has 1 atom stereocenters. The van der Waals surface area contributed by atoms with E-state index < -0.39 is 6.29 Å². The maximum atomic E-state index is 12.0. The van der Waals surface area contributed by atoms with Gasteiger partial charge in [-0.15, -0.1) is 0 Å². The van der Waals surface area contributed by atoms with Crippen molar-refractivity contribution in [3.63, 3.8) is 0 Å². The molecule has 0 fully saturated rings. The molecule has 0 saturated heterocycles. The lowest BCUT2D eigenvalue weighted by atomic mass is 10.2. The van der Waals surface area contributed by atoms with Crippen LogP contribution in [0.2, 0.25) is 0 Å². The molecular weight excluding hydrogens is 384 g/mol. The Bertz CT molecular complexity index is 287. The number of rotatable bonds is 19. The van der Waals surface area contributed by atoms with E-state index in [2.05, 4.69) is 29.8 Å². The molecule has 0 bridgehead atoms. The van der Waals surface area contributed by atoms with E-state index >= 15 is 0 Å². The topological polar surface area (TPSA) is 44.8 Å². The molecular formula is C20H39BrO4. The van der Waals surface area contributed by atoms with Crippen LogP contribution in [0.5, 0.6) is 0 Å². The summed E-state index contributed by atoms with van der Waals surface area (Å²) in [6.07, 6.45) is 12.1. The number of alkyl halides is 1. The van der Waals surface area contributed by atoms with Gasteiger partial charge in [-0.3, -0.25) is 4.79 Å². The van der Waals surface area contributed by atoms with Gasteiger partial charge in [0.15, 0.2) is 0 Å². The Morgan fingerprint density at radius 2 is 1.48 bits per heavy atom. The SMILES string of the molecule is CCCCCCOCC(OCCCCC)OC(=O)CCCCCCBr. The fraction of sp³-hybridized carbons (Fsp3) is 0.950. The Morgan fingerprint density at radius 3 is 2.20 bits per heavy atom. The highest BCUT2D eigenvalue weighted by molar-refractivity contribution is 9.09. The lowest BCUT2D eigenvalue weighted by Gasteiger charge is -2.18. The third kappa shape index (κ3) is 18.5. The van der Waals surface area contributed by atoms with E-state index in [9.17, 15) is 4.79 Å². The molecule has 4 nitrogen and oxygen atoms in total. The highest BCUT2D eigenvalue weighted by Gasteiger charge is 2.15.